The second kappa shape index (κ2) is 6.80. The van der Waals surface area contributed by atoms with Gasteiger partial charge in [-0.1, -0.05) is 46.3 Å². The van der Waals surface area contributed by atoms with Crippen LogP contribution in [-0.2, 0) is 6.42 Å². The standard InChI is InChI=1S/C20H18BrN5/c1-12-5-2-3-6-13(12)9-16-11-17-18(25-20(22)26-19(17)24-16)23-15-8-4-7-14(21)10-15/h2-8,10-11H,9H2,1H3,(H4,22,23,24,25,26). The molecule has 4 aromatic rings. The minimum atomic E-state index is 0.235. The highest BCUT2D eigenvalue weighted by Crippen LogP contribution is 2.27. The van der Waals surface area contributed by atoms with Gasteiger partial charge in [0.1, 0.15) is 11.5 Å². The molecule has 0 spiro atoms. The third kappa shape index (κ3) is 3.41. The minimum Gasteiger partial charge on any atom is -0.368 e. The number of aryl methyl sites for hydroxylation is 1. The number of aromatic nitrogens is 3. The number of rotatable bonds is 4. The number of nitrogens with one attached hydrogen (secondary N) is 2. The summed E-state index contributed by atoms with van der Waals surface area (Å²) in [6.07, 6.45) is 0.805. The number of nitrogens with zero attached hydrogens (tertiary/aromatic N) is 2. The van der Waals surface area contributed by atoms with E-state index in [9.17, 15) is 0 Å². The third-order valence-electron chi connectivity index (χ3n) is 4.29. The quantitative estimate of drug-likeness (QED) is 0.447. The summed E-state index contributed by atoms with van der Waals surface area (Å²) in [6, 6.07) is 18.4. The molecular weight excluding hydrogens is 390 g/mol. The molecule has 0 bridgehead atoms. The van der Waals surface area contributed by atoms with Gasteiger partial charge in [0.15, 0.2) is 0 Å². The van der Waals surface area contributed by atoms with Crippen LogP contribution in [0, 0.1) is 6.92 Å². The molecule has 6 heteroatoms. The van der Waals surface area contributed by atoms with E-state index >= 15 is 0 Å². The van der Waals surface area contributed by atoms with Crippen molar-refractivity contribution < 1.29 is 0 Å². The van der Waals surface area contributed by atoms with E-state index < -0.39 is 0 Å². The first-order valence-corrected chi connectivity index (χ1v) is 9.10. The second-order valence-corrected chi connectivity index (χ2v) is 7.14. The molecular formula is C20H18BrN5. The molecule has 0 fully saturated rings. The first-order valence-electron chi connectivity index (χ1n) is 8.31. The predicted molar refractivity (Wildman–Crippen MR) is 110 cm³/mol. The molecule has 26 heavy (non-hydrogen) atoms. The van der Waals surface area contributed by atoms with Crippen LogP contribution in [0.15, 0.2) is 59.1 Å². The summed E-state index contributed by atoms with van der Waals surface area (Å²) in [4.78, 5) is 12.1. The Bertz CT molecular complexity index is 1090. The smallest absolute Gasteiger partial charge is 0.224 e. The first kappa shape index (κ1) is 16.6. The van der Waals surface area contributed by atoms with Gasteiger partial charge in [0.05, 0.1) is 5.39 Å². The van der Waals surface area contributed by atoms with Crippen LogP contribution in [0.4, 0.5) is 17.5 Å². The topological polar surface area (TPSA) is 79.6 Å². The summed E-state index contributed by atoms with van der Waals surface area (Å²) in [5, 5.41) is 4.26. The number of hydrogen-bond acceptors (Lipinski definition) is 4. The lowest BCUT2D eigenvalue weighted by molar-refractivity contribution is 1.09. The van der Waals surface area contributed by atoms with Gasteiger partial charge in [0.25, 0.3) is 0 Å². The zero-order chi connectivity index (χ0) is 18.1. The molecule has 0 amide bonds. The van der Waals surface area contributed by atoms with E-state index in [0.29, 0.717) is 5.82 Å². The molecule has 0 radical (unpaired) electrons. The number of anilines is 3. The molecule has 0 aliphatic carbocycles. The highest BCUT2D eigenvalue weighted by molar-refractivity contribution is 9.10. The lowest BCUT2D eigenvalue weighted by Gasteiger charge is -2.07. The minimum absolute atomic E-state index is 0.235. The Labute approximate surface area is 159 Å². The molecule has 4 N–H and O–H groups in total. The van der Waals surface area contributed by atoms with Crippen LogP contribution in [0.2, 0.25) is 0 Å². The average Bonchev–Trinajstić information content (AvgIpc) is 2.99. The van der Waals surface area contributed by atoms with Crippen molar-refractivity contribution in [3.63, 3.8) is 0 Å². The highest BCUT2D eigenvalue weighted by Gasteiger charge is 2.11. The zero-order valence-corrected chi connectivity index (χ0v) is 15.8. The number of fused-ring (bicyclic) bond motifs is 1. The molecule has 130 valence electrons. The molecule has 4 rings (SSSR count). The third-order valence-corrected chi connectivity index (χ3v) is 4.78. The van der Waals surface area contributed by atoms with E-state index in [-0.39, 0.29) is 5.95 Å². The summed E-state index contributed by atoms with van der Waals surface area (Å²) in [5.41, 5.74) is 11.2. The summed E-state index contributed by atoms with van der Waals surface area (Å²) in [7, 11) is 0. The maximum atomic E-state index is 5.90. The van der Waals surface area contributed by atoms with Crippen LogP contribution in [-0.4, -0.2) is 15.0 Å². The Balaban J connectivity index is 1.72. The lowest BCUT2D eigenvalue weighted by atomic mass is 10.0. The Morgan fingerprint density at radius 3 is 2.73 bits per heavy atom. The number of halogens is 1. The fraction of sp³-hybridized carbons (Fsp3) is 0.100. The molecule has 0 saturated carbocycles. The van der Waals surface area contributed by atoms with Gasteiger partial charge in [-0.25, -0.2) is 0 Å². The van der Waals surface area contributed by atoms with Crippen LogP contribution < -0.4 is 11.1 Å². The van der Waals surface area contributed by atoms with Gasteiger partial charge in [0.2, 0.25) is 5.95 Å². The predicted octanol–water partition coefficient (Wildman–Crippen LogP) is 4.95. The Morgan fingerprint density at radius 1 is 1.08 bits per heavy atom. The molecule has 0 aliphatic rings. The fourth-order valence-electron chi connectivity index (χ4n) is 2.99. The number of nitrogens with two attached hydrogens (primary N) is 1. The normalized spacial score (nSPS) is 11.0. The van der Waals surface area contributed by atoms with Crippen molar-refractivity contribution >= 4 is 44.4 Å². The largest absolute Gasteiger partial charge is 0.368 e. The van der Waals surface area contributed by atoms with E-state index in [1.165, 1.54) is 11.1 Å². The van der Waals surface area contributed by atoms with Gasteiger partial charge in [-0.15, -0.1) is 0 Å². The first-order chi connectivity index (χ1) is 12.6. The Kier molecular flexibility index (Phi) is 4.34. The van der Waals surface area contributed by atoms with Gasteiger partial charge in [-0.05, 0) is 42.3 Å². The molecule has 0 aliphatic heterocycles. The van der Waals surface area contributed by atoms with Gasteiger partial charge in [0, 0.05) is 22.3 Å². The zero-order valence-electron chi connectivity index (χ0n) is 14.3. The number of aromatic amines is 1. The van der Waals surface area contributed by atoms with Gasteiger partial charge >= 0.3 is 0 Å². The Morgan fingerprint density at radius 2 is 1.92 bits per heavy atom. The van der Waals surface area contributed by atoms with Crippen LogP contribution in [0.25, 0.3) is 11.0 Å². The van der Waals surface area contributed by atoms with E-state index in [4.69, 9.17) is 5.73 Å². The number of benzene rings is 2. The van der Waals surface area contributed by atoms with E-state index in [0.717, 1.165) is 33.3 Å². The van der Waals surface area contributed by atoms with Gasteiger partial charge in [-0.2, -0.15) is 9.97 Å². The summed E-state index contributed by atoms with van der Waals surface area (Å²) >= 11 is 3.48. The van der Waals surface area contributed by atoms with Crippen molar-refractivity contribution in [3.05, 3.63) is 75.9 Å². The van der Waals surface area contributed by atoms with Crippen molar-refractivity contribution in [2.45, 2.75) is 13.3 Å². The lowest BCUT2D eigenvalue weighted by Crippen LogP contribution is -2.00. The molecule has 5 nitrogen and oxygen atoms in total. The molecule has 0 saturated heterocycles. The number of H-pyrrole nitrogens is 1. The second-order valence-electron chi connectivity index (χ2n) is 6.23. The van der Waals surface area contributed by atoms with Gasteiger partial charge < -0.3 is 16.0 Å². The maximum absolute atomic E-state index is 5.90. The van der Waals surface area contributed by atoms with Gasteiger partial charge in [-0.3, -0.25) is 0 Å². The fourth-order valence-corrected chi connectivity index (χ4v) is 3.39. The molecule has 0 unspecified atom stereocenters. The molecule has 2 heterocycles. The molecule has 2 aromatic heterocycles. The monoisotopic (exact) mass is 407 g/mol. The maximum Gasteiger partial charge on any atom is 0.224 e. The number of hydrogen-bond donors (Lipinski definition) is 3. The number of nitrogen functional groups attached to an aromatic ring is 1. The van der Waals surface area contributed by atoms with Crippen molar-refractivity contribution in [2.75, 3.05) is 11.1 Å². The van der Waals surface area contributed by atoms with Crippen LogP contribution in [0.1, 0.15) is 16.8 Å². The van der Waals surface area contributed by atoms with Crippen LogP contribution in [0.3, 0.4) is 0 Å². The summed E-state index contributed by atoms with van der Waals surface area (Å²) in [5.74, 6) is 0.928. The summed E-state index contributed by atoms with van der Waals surface area (Å²) in [6.45, 7) is 2.12. The van der Waals surface area contributed by atoms with E-state index in [2.05, 4.69) is 73.5 Å². The SMILES string of the molecule is Cc1ccccc1Cc1cc2c(Nc3cccc(Br)c3)nc(N)nc2[nH]1. The van der Waals surface area contributed by atoms with Crippen molar-refractivity contribution in [3.8, 4) is 0 Å². The highest BCUT2D eigenvalue weighted by atomic mass is 79.9. The van der Waals surface area contributed by atoms with E-state index in [1.807, 2.05) is 24.3 Å². The van der Waals surface area contributed by atoms with Crippen molar-refractivity contribution in [1.82, 2.24) is 15.0 Å². The summed E-state index contributed by atoms with van der Waals surface area (Å²) < 4.78 is 0.995. The van der Waals surface area contributed by atoms with Crippen LogP contribution >= 0.6 is 15.9 Å². The Hall–Kier alpha value is -2.86. The van der Waals surface area contributed by atoms with Crippen molar-refractivity contribution in [1.29, 1.82) is 0 Å². The van der Waals surface area contributed by atoms with E-state index in [1.54, 1.807) is 0 Å². The average molecular weight is 408 g/mol. The molecule has 2 aromatic carbocycles. The van der Waals surface area contributed by atoms with Crippen molar-refractivity contribution in [2.24, 2.45) is 0 Å². The van der Waals surface area contributed by atoms with Crippen LogP contribution in [0.5, 0.6) is 0 Å². The molecule has 0 atom stereocenters.